The molecule has 3 nitrogen and oxygen atoms in total. The maximum absolute atomic E-state index is 4.85. The van der Waals surface area contributed by atoms with E-state index in [0.29, 0.717) is 5.90 Å². The first kappa shape index (κ1) is 9.01. The Labute approximate surface area is 61.3 Å². The van der Waals surface area contributed by atoms with E-state index in [0.717, 1.165) is 5.57 Å². The molecule has 0 atom stereocenters. The number of ether oxygens (including phenoxy) is 1. The predicted molar refractivity (Wildman–Crippen MR) is 40.9 cm³/mol. The third-order valence-electron chi connectivity index (χ3n) is 0.803. The molecule has 0 bridgehead atoms. The quantitative estimate of drug-likeness (QED) is 0.333. The third kappa shape index (κ3) is 3.95. The summed E-state index contributed by atoms with van der Waals surface area (Å²) in [7, 11) is 3.04. The molecule has 0 saturated carbocycles. The molecular formula is C7H13NO2. The van der Waals surface area contributed by atoms with Crippen LogP contribution in [-0.2, 0) is 9.57 Å². The number of nitrogens with zero attached hydrogens (tertiary/aromatic N) is 1. The fourth-order valence-corrected chi connectivity index (χ4v) is 0.459. The van der Waals surface area contributed by atoms with Crippen LogP contribution in [-0.4, -0.2) is 20.1 Å². The molecule has 0 radical (unpaired) electrons. The number of methoxy groups -OCH3 is 1. The Bertz CT molecular complexity index is 146. The summed E-state index contributed by atoms with van der Waals surface area (Å²) in [6.07, 6.45) is 1.80. The molecule has 0 saturated heterocycles. The minimum atomic E-state index is 0.488. The lowest BCUT2D eigenvalue weighted by molar-refractivity contribution is 0.200. The Morgan fingerprint density at radius 3 is 2.20 bits per heavy atom. The van der Waals surface area contributed by atoms with E-state index < -0.39 is 0 Å². The van der Waals surface area contributed by atoms with E-state index in [1.807, 2.05) is 13.8 Å². The molecule has 0 aromatic carbocycles. The topological polar surface area (TPSA) is 30.8 Å². The number of hydrogen-bond donors (Lipinski definition) is 0. The van der Waals surface area contributed by atoms with Gasteiger partial charge in [0.25, 0.3) is 0 Å². The van der Waals surface area contributed by atoms with Crippen molar-refractivity contribution >= 4 is 5.90 Å². The summed E-state index contributed by atoms with van der Waals surface area (Å²) in [6.45, 7) is 3.92. The lowest BCUT2D eigenvalue weighted by Gasteiger charge is -1.97. The van der Waals surface area contributed by atoms with Crippen LogP contribution in [0, 0.1) is 0 Å². The van der Waals surface area contributed by atoms with Crippen molar-refractivity contribution in [2.24, 2.45) is 5.16 Å². The molecule has 0 aliphatic carbocycles. The van der Waals surface area contributed by atoms with Gasteiger partial charge < -0.3 is 9.57 Å². The molecular weight excluding hydrogens is 130 g/mol. The van der Waals surface area contributed by atoms with E-state index in [2.05, 4.69) is 9.99 Å². The van der Waals surface area contributed by atoms with E-state index in [9.17, 15) is 0 Å². The molecule has 0 unspecified atom stereocenters. The Balaban J connectivity index is 4.09. The monoisotopic (exact) mass is 143 g/mol. The second-order valence-corrected chi connectivity index (χ2v) is 2.04. The summed E-state index contributed by atoms with van der Waals surface area (Å²) in [5, 5.41) is 3.60. The first-order chi connectivity index (χ1) is 4.70. The van der Waals surface area contributed by atoms with Crippen molar-refractivity contribution in [1.82, 2.24) is 0 Å². The first-order valence-corrected chi connectivity index (χ1v) is 3.00. The van der Waals surface area contributed by atoms with Crippen molar-refractivity contribution in [2.75, 3.05) is 14.2 Å². The van der Waals surface area contributed by atoms with E-state index in [1.54, 1.807) is 13.2 Å². The van der Waals surface area contributed by atoms with Gasteiger partial charge in [-0.25, -0.2) is 0 Å². The van der Waals surface area contributed by atoms with Crippen molar-refractivity contribution in [3.63, 3.8) is 0 Å². The molecule has 0 aliphatic rings. The smallest absolute Gasteiger partial charge is 0.249 e. The van der Waals surface area contributed by atoms with Gasteiger partial charge in [-0.3, -0.25) is 0 Å². The van der Waals surface area contributed by atoms with Crippen LogP contribution >= 0.6 is 0 Å². The van der Waals surface area contributed by atoms with Crippen molar-refractivity contribution in [1.29, 1.82) is 0 Å². The van der Waals surface area contributed by atoms with Crippen molar-refractivity contribution in [3.05, 3.63) is 11.6 Å². The Hall–Kier alpha value is -0.990. The van der Waals surface area contributed by atoms with E-state index in [1.165, 1.54) is 7.11 Å². The summed E-state index contributed by atoms with van der Waals surface area (Å²) in [4.78, 5) is 4.51. The highest BCUT2D eigenvalue weighted by atomic mass is 16.6. The van der Waals surface area contributed by atoms with E-state index in [-0.39, 0.29) is 0 Å². The number of allylic oxidation sites excluding steroid dienone is 1. The van der Waals surface area contributed by atoms with E-state index >= 15 is 0 Å². The minimum absolute atomic E-state index is 0.488. The lowest BCUT2D eigenvalue weighted by atomic mass is 10.3. The molecule has 0 amide bonds. The van der Waals surface area contributed by atoms with Gasteiger partial charge in [-0.1, -0.05) is 5.57 Å². The average Bonchev–Trinajstić information content (AvgIpc) is 1.86. The third-order valence-corrected chi connectivity index (χ3v) is 0.803. The standard InChI is InChI=1S/C7H13NO2/c1-6(2)5-7(9-3)8-10-4/h5H,1-4H3/b8-7+. The molecule has 58 valence electrons. The second-order valence-electron chi connectivity index (χ2n) is 2.04. The molecule has 0 heterocycles. The van der Waals surface area contributed by atoms with Crippen molar-refractivity contribution in [3.8, 4) is 0 Å². The highest BCUT2D eigenvalue weighted by Crippen LogP contribution is 1.91. The van der Waals surface area contributed by atoms with Gasteiger partial charge in [-0.2, -0.15) is 0 Å². The molecule has 0 rings (SSSR count). The largest absolute Gasteiger partial charge is 0.479 e. The van der Waals surface area contributed by atoms with Crippen molar-refractivity contribution in [2.45, 2.75) is 13.8 Å². The highest BCUT2D eigenvalue weighted by Gasteiger charge is 1.90. The van der Waals surface area contributed by atoms with Gasteiger partial charge in [-0.15, -0.1) is 0 Å². The second kappa shape index (κ2) is 4.85. The van der Waals surface area contributed by atoms with Crippen LogP contribution in [0.1, 0.15) is 13.8 Å². The molecule has 0 aromatic heterocycles. The summed E-state index contributed by atoms with van der Waals surface area (Å²) >= 11 is 0. The predicted octanol–water partition coefficient (Wildman–Crippen LogP) is 1.56. The number of oxime groups is 1. The Kier molecular flexibility index (Phi) is 4.37. The van der Waals surface area contributed by atoms with Crippen LogP contribution in [0.3, 0.4) is 0 Å². The van der Waals surface area contributed by atoms with Gasteiger partial charge in [0, 0.05) is 6.08 Å². The van der Waals surface area contributed by atoms with Crippen LogP contribution in [0.2, 0.25) is 0 Å². The van der Waals surface area contributed by atoms with Crippen molar-refractivity contribution < 1.29 is 9.57 Å². The summed E-state index contributed by atoms with van der Waals surface area (Å²) in [5.41, 5.74) is 1.12. The maximum atomic E-state index is 4.85. The fourth-order valence-electron chi connectivity index (χ4n) is 0.459. The van der Waals surface area contributed by atoms with Crippen LogP contribution < -0.4 is 0 Å². The molecule has 0 aliphatic heterocycles. The normalized spacial score (nSPS) is 10.6. The fraction of sp³-hybridized carbons (Fsp3) is 0.571. The van der Waals surface area contributed by atoms with Crippen LogP contribution in [0.15, 0.2) is 16.8 Å². The Morgan fingerprint density at radius 2 is 1.90 bits per heavy atom. The van der Waals surface area contributed by atoms with Gasteiger partial charge in [0.05, 0.1) is 7.11 Å². The number of hydrogen-bond acceptors (Lipinski definition) is 3. The zero-order valence-electron chi connectivity index (χ0n) is 6.84. The molecule has 0 fully saturated rings. The maximum Gasteiger partial charge on any atom is 0.249 e. The van der Waals surface area contributed by atoms with Crippen LogP contribution in [0.4, 0.5) is 0 Å². The molecule has 3 heteroatoms. The van der Waals surface area contributed by atoms with Gasteiger partial charge in [0.2, 0.25) is 5.90 Å². The van der Waals surface area contributed by atoms with Gasteiger partial charge in [-0.05, 0) is 19.0 Å². The number of rotatable bonds is 2. The van der Waals surface area contributed by atoms with Gasteiger partial charge in [0.15, 0.2) is 0 Å². The molecule has 0 N–H and O–H groups in total. The Morgan fingerprint density at radius 1 is 1.30 bits per heavy atom. The summed E-state index contributed by atoms with van der Waals surface area (Å²) in [6, 6.07) is 0. The lowest BCUT2D eigenvalue weighted by Crippen LogP contribution is -1.97. The zero-order chi connectivity index (χ0) is 7.98. The van der Waals surface area contributed by atoms with Gasteiger partial charge >= 0.3 is 0 Å². The summed E-state index contributed by atoms with van der Waals surface area (Å²) < 4.78 is 4.85. The summed E-state index contributed by atoms with van der Waals surface area (Å²) in [5.74, 6) is 0.488. The minimum Gasteiger partial charge on any atom is -0.479 e. The van der Waals surface area contributed by atoms with E-state index in [4.69, 9.17) is 4.74 Å². The molecule has 10 heavy (non-hydrogen) atoms. The van der Waals surface area contributed by atoms with Crippen LogP contribution in [0.5, 0.6) is 0 Å². The molecule has 0 aromatic rings. The highest BCUT2D eigenvalue weighted by molar-refractivity contribution is 5.87. The first-order valence-electron chi connectivity index (χ1n) is 3.00. The van der Waals surface area contributed by atoms with Crippen LogP contribution in [0.25, 0.3) is 0 Å². The SMILES string of the molecule is CO/N=C(\C=C(C)C)OC. The zero-order valence-corrected chi connectivity index (χ0v) is 6.84. The van der Waals surface area contributed by atoms with Gasteiger partial charge in [0.1, 0.15) is 7.11 Å². The molecule has 0 spiro atoms. The average molecular weight is 143 g/mol.